The van der Waals surface area contributed by atoms with Gasteiger partial charge in [-0.3, -0.25) is 9.78 Å². The molecule has 3 aromatic rings. The molecule has 0 atom stereocenters. The zero-order valence-electron chi connectivity index (χ0n) is 16.1. The molecule has 0 spiro atoms. The molecule has 0 N–H and O–H groups in total. The summed E-state index contributed by atoms with van der Waals surface area (Å²) in [5.41, 5.74) is 5.50. The van der Waals surface area contributed by atoms with E-state index < -0.39 is 0 Å². The zero-order valence-corrected chi connectivity index (χ0v) is 16.1. The summed E-state index contributed by atoms with van der Waals surface area (Å²) in [6.07, 6.45) is 13.8. The average molecular weight is 362 g/mol. The minimum Gasteiger partial charge on any atom is -0.313 e. The van der Waals surface area contributed by atoms with Crippen LogP contribution in [0.5, 0.6) is 0 Å². The van der Waals surface area contributed by atoms with Gasteiger partial charge in [-0.05, 0) is 43.4 Å². The molecule has 0 saturated heterocycles. The Morgan fingerprint density at radius 2 is 2.04 bits per heavy atom. The third kappa shape index (κ3) is 3.72. The van der Waals surface area contributed by atoms with E-state index >= 15 is 0 Å². The third-order valence-corrected chi connectivity index (χ3v) is 5.48. The molecule has 5 heteroatoms. The van der Waals surface area contributed by atoms with Crippen LogP contribution in [0.3, 0.4) is 0 Å². The third-order valence-electron chi connectivity index (χ3n) is 5.48. The van der Waals surface area contributed by atoms with Gasteiger partial charge >= 0.3 is 0 Å². The lowest BCUT2D eigenvalue weighted by atomic mass is 9.82. The number of aryl methyl sites for hydroxylation is 2. The van der Waals surface area contributed by atoms with Gasteiger partial charge in [0.05, 0.1) is 11.9 Å². The summed E-state index contributed by atoms with van der Waals surface area (Å²) >= 11 is 0. The molecular formula is C22H26N4O. The molecule has 0 amide bonds. The minimum absolute atomic E-state index is 0.0232. The fraction of sp³-hybridized carbons (Fsp3) is 0.409. The van der Waals surface area contributed by atoms with Crippen LogP contribution in [-0.4, -0.2) is 19.3 Å². The predicted octanol–water partition coefficient (Wildman–Crippen LogP) is 4.16. The normalized spacial score (nSPS) is 14.3. The number of pyridine rings is 2. The van der Waals surface area contributed by atoms with Crippen LogP contribution in [0.25, 0.3) is 16.8 Å². The van der Waals surface area contributed by atoms with Crippen molar-refractivity contribution in [3.8, 4) is 16.8 Å². The van der Waals surface area contributed by atoms with Crippen LogP contribution in [-0.2, 0) is 13.0 Å². The Morgan fingerprint density at radius 1 is 1.19 bits per heavy atom. The second-order valence-corrected chi connectivity index (χ2v) is 7.58. The van der Waals surface area contributed by atoms with Gasteiger partial charge in [-0.2, -0.15) is 5.10 Å². The fourth-order valence-corrected chi connectivity index (χ4v) is 3.69. The molecule has 0 radical (unpaired) electrons. The van der Waals surface area contributed by atoms with E-state index in [0.717, 1.165) is 35.6 Å². The second-order valence-electron chi connectivity index (χ2n) is 7.58. The van der Waals surface area contributed by atoms with E-state index in [0.29, 0.717) is 6.54 Å². The number of hydrogen-bond donors (Lipinski definition) is 0. The van der Waals surface area contributed by atoms with E-state index in [1.165, 1.54) is 30.5 Å². The molecule has 0 bridgehead atoms. The molecule has 0 aromatic carbocycles. The van der Waals surface area contributed by atoms with E-state index in [1.807, 2.05) is 35.5 Å². The van der Waals surface area contributed by atoms with Crippen molar-refractivity contribution >= 4 is 0 Å². The first-order chi connectivity index (χ1) is 13.1. The Kier molecular flexibility index (Phi) is 4.92. The molecule has 5 nitrogen and oxygen atoms in total. The lowest BCUT2D eigenvalue weighted by molar-refractivity contribution is 0.312. The topological polar surface area (TPSA) is 52.7 Å². The lowest BCUT2D eigenvalue weighted by Gasteiger charge is -2.24. The highest BCUT2D eigenvalue weighted by Gasteiger charge is 2.18. The Balaban J connectivity index is 1.59. The summed E-state index contributed by atoms with van der Waals surface area (Å²) in [7, 11) is 0. The van der Waals surface area contributed by atoms with Crippen molar-refractivity contribution in [2.75, 3.05) is 0 Å². The highest BCUT2D eigenvalue weighted by molar-refractivity contribution is 5.65. The maximum Gasteiger partial charge on any atom is 0.250 e. The van der Waals surface area contributed by atoms with Gasteiger partial charge in [-0.25, -0.2) is 4.68 Å². The number of hydrogen-bond acceptors (Lipinski definition) is 3. The second kappa shape index (κ2) is 7.51. The number of nitrogens with zero attached hydrogens (tertiary/aromatic N) is 4. The molecule has 3 heterocycles. The van der Waals surface area contributed by atoms with Gasteiger partial charge in [-0.15, -0.1) is 0 Å². The van der Waals surface area contributed by atoms with Crippen molar-refractivity contribution in [1.29, 1.82) is 0 Å². The van der Waals surface area contributed by atoms with Crippen LogP contribution in [0.1, 0.15) is 43.9 Å². The Morgan fingerprint density at radius 3 is 2.74 bits per heavy atom. The Bertz CT molecular complexity index is 998. The lowest BCUT2D eigenvalue weighted by Crippen LogP contribution is -2.19. The highest BCUT2D eigenvalue weighted by Crippen LogP contribution is 2.30. The summed E-state index contributed by atoms with van der Waals surface area (Å²) in [4.78, 5) is 16.6. The van der Waals surface area contributed by atoms with Gasteiger partial charge in [0.2, 0.25) is 0 Å². The van der Waals surface area contributed by atoms with Crippen LogP contribution in [0.2, 0.25) is 0 Å². The largest absolute Gasteiger partial charge is 0.313 e. The first-order valence-electron chi connectivity index (χ1n) is 9.85. The van der Waals surface area contributed by atoms with Crippen molar-refractivity contribution in [2.24, 2.45) is 5.92 Å². The van der Waals surface area contributed by atoms with Gasteiger partial charge in [0.15, 0.2) is 0 Å². The van der Waals surface area contributed by atoms with E-state index in [9.17, 15) is 4.79 Å². The maximum atomic E-state index is 11.9. The summed E-state index contributed by atoms with van der Waals surface area (Å²) in [5, 5.41) is 4.50. The van der Waals surface area contributed by atoms with Crippen molar-refractivity contribution < 1.29 is 0 Å². The molecule has 1 saturated carbocycles. The minimum atomic E-state index is 0.0232. The Hall–Kier alpha value is -2.69. The first-order valence-corrected chi connectivity index (χ1v) is 9.85. The number of aromatic nitrogens is 4. The molecule has 1 aliphatic carbocycles. The molecule has 0 unspecified atom stereocenters. The highest BCUT2D eigenvalue weighted by atomic mass is 16.1. The van der Waals surface area contributed by atoms with E-state index in [4.69, 9.17) is 0 Å². The number of rotatable bonds is 6. The standard InChI is InChI=1S/C22H26N4O/c1-3-9-25-15-20(7-8-22(25)27)26-14-18(12-24-26)21-13-23-19(10-16(21)2)11-17-5-4-6-17/h7-8,10,12-15,17H,3-6,9,11H2,1-2H3. The molecule has 27 heavy (non-hydrogen) atoms. The first kappa shape index (κ1) is 17.7. The van der Waals surface area contributed by atoms with E-state index in [-0.39, 0.29) is 5.56 Å². The zero-order chi connectivity index (χ0) is 18.8. The summed E-state index contributed by atoms with van der Waals surface area (Å²) < 4.78 is 3.56. The van der Waals surface area contributed by atoms with Crippen molar-refractivity contribution in [3.63, 3.8) is 0 Å². The van der Waals surface area contributed by atoms with Gasteiger partial charge in [0.25, 0.3) is 5.56 Å². The maximum absolute atomic E-state index is 11.9. The fourth-order valence-electron chi connectivity index (χ4n) is 3.69. The van der Waals surface area contributed by atoms with Crippen LogP contribution < -0.4 is 5.56 Å². The smallest absolute Gasteiger partial charge is 0.250 e. The molecule has 140 valence electrons. The van der Waals surface area contributed by atoms with Crippen LogP contribution in [0.4, 0.5) is 0 Å². The van der Waals surface area contributed by atoms with Gasteiger partial charge < -0.3 is 4.57 Å². The van der Waals surface area contributed by atoms with Gasteiger partial charge in [0.1, 0.15) is 0 Å². The SMILES string of the molecule is CCCn1cc(-n2cc(-c3cnc(CC4CCC4)cc3C)cn2)ccc1=O. The summed E-state index contributed by atoms with van der Waals surface area (Å²) in [6.45, 7) is 4.92. The quantitative estimate of drug-likeness (QED) is 0.662. The van der Waals surface area contributed by atoms with Crippen LogP contribution >= 0.6 is 0 Å². The molecule has 1 fully saturated rings. The van der Waals surface area contributed by atoms with Gasteiger partial charge in [-0.1, -0.05) is 26.2 Å². The van der Waals surface area contributed by atoms with E-state index in [1.54, 1.807) is 10.6 Å². The summed E-state index contributed by atoms with van der Waals surface area (Å²) in [6, 6.07) is 5.64. The average Bonchev–Trinajstić information content (AvgIpc) is 3.10. The van der Waals surface area contributed by atoms with Gasteiger partial charge in [0, 0.05) is 48.0 Å². The van der Waals surface area contributed by atoms with Crippen molar-refractivity contribution in [1.82, 2.24) is 19.3 Å². The predicted molar refractivity (Wildman–Crippen MR) is 107 cm³/mol. The summed E-state index contributed by atoms with van der Waals surface area (Å²) in [5.74, 6) is 0.823. The molecule has 4 rings (SSSR count). The molecular weight excluding hydrogens is 336 g/mol. The van der Waals surface area contributed by atoms with E-state index in [2.05, 4.69) is 30.0 Å². The molecule has 3 aromatic heterocycles. The Labute approximate surface area is 159 Å². The monoisotopic (exact) mass is 362 g/mol. The van der Waals surface area contributed by atoms with Crippen molar-refractivity contribution in [3.05, 3.63) is 64.6 Å². The molecule has 1 aliphatic rings. The molecule has 0 aliphatic heterocycles. The van der Waals surface area contributed by atoms with Crippen LogP contribution in [0.15, 0.2) is 47.8 Å². The van der Waals surface area contributed by atoms with Crippen molar-refractivity contribution in [2.45, 2.75) is 52.5 Å². The van der Waals surface area contributed by atoms with Crippen LogP contribution in [0, 0.1) is 12.8 Å².